The van der Waals surface area contributed by atoms with Gasteiger partial charge in [0.25, 0.3) is 0 Å². The molecule has 0 amide bonds. The third kappa shape index (κ3) is 2.58. The molecule has 0 radical (unpaired) electrons. The highest BCUT2D eigenvalue weighted by Gasteiger charge is 2.28. The summed E-state index contributed by atoms with van der Waals surface area (Å²) in [5, 5.41) is 18.8. The highest BCUT2D eigenvalue weighted by atomic mass is 16.3. The van der Waals surface area contributed by atoms with Gasteiger partial charge in [0.15, 0.2) is 0 Å². The molecule has 0 aromatic rings. The molecule has 82 valence electrons. The van der Waals surface area contributed by atoms with Gasteiger partial charge >= 0.3 is 0 Å². The predicted molar refractivity (Wildman–Crippen MR) is 58.0 cm³/mol. The first-order valence-electron chi connectivity index (χ1n) is 5.71. The van der Waals surface area contributed by atoms with E-state index in [9.17, 15) is 5.11 Å². The van der Waals surface area contributed by atoms with Crippen molar-refractivity contribution in [1.29, 1.82) is 0 Å². The summed E-state index contributed by atoms with van der Waals surface area (Å²) in [6, 6.07) is 0. The first kappa shape index (κ1) is 11.7. The lowest BCUT2D eigenvalue weighted by Crippen LogP contribution is -2.08. The van der Waals surface area contributed by atoms with Crippen LogP contribution in [0.2, 0.25) is 0 Å². The summed E-state index contributed by atoms with van der Waals surface area (Å²) in [6.45, 7) is 4.37. The van der Waals surface area contributed by atoms with E-state index in [1.165, 1.54) is 24.8 Å². The molecule has 0 aromatic carbocycles. The molecule has 2 N–H and O–H groups in total. The minimum atomic E-state index is -0.383. The molecule has 2 heteroatoms. The highest BCUT2D eigenvalue weighted by molar-refractivity contribution is 5.26. The van der Waals surface area contributed by atoms with Crippen LogP contribution in [0.4, 0.5) is 0 Å². The molecule has 2 nitrogen and oxygen atoms in total. The molecule has 0 unspecified atom stereocenters. The van der Waals surface area contributed by atoms with Crippen LogP contribution in [0, 0.1) is 5.92 Å². The van der Waals surface area contributed by atoms with Crippen molar-refractivity contribution in [1.82, 2.24) is 0 Å². The monoisotopic (exact) mass is 198 g/mol. The van der Waals surface area contributed by atoms with Crippen molar-refractivity contribution in [3.63, 3.8) is 0 Å². The zero-order chi connectivity index (χ0) is 10.6. The lowest BCUT2D eigenvalue weighted by Gasteiger charge is -2.09. The Morgan fingerprint density at radius 3 is 2.57 bits per heavy atom. The van der Waals surface area contributed by atoms with Crippen LogP contribution >= 0.6 is 0 Å². The maximum absolute atomic E-state index is 9.67. The van der Waals surface area contributed by atoms with E-state index in [2.05, 4.69) is 13.8 Å². The van der Waals surface area contributed by atoms with E-state index in [-0.39, 0.29) is 12.7 Å². The van der Waals surface area contributed by atoms with Crippen LogP contribution in [-0.2, 0) is 0 Å². The fourth-order valence-electron chi connectivity index (χ4n) is 2.33. The maximum Gasteiger partial charge on any atom is 0.0780 e. The molecule has 0 heterocycles. The first-order valence-corrected chi connectivity index (χ1v) is 5.71. The largest absolute Gasteiger partial charge is 0.392 e. The molecule has 1 rings (SSSR count). The lowest BCUT2D eigenvalue weighted by atomic mass is 9.97. The molecule has 1 aliphatic rings. The Kier molecular flexibility index (Phi) is 4.63. The zero-order valence-corrected chi connectivity index (χ0v) is 9.29. The molecule has 0 fully saturated rings. The van der Waals surface area contributed by atoms with Gasteiger partial charge in [0.05, 0.1) is 12.7 Å². The van der Waals surface area contributed by atoms with Gasteiger partial charge in [-0.05, 0) is 30.8 Å². The molecule has 0 aromatic heterocycles. The summed E-state index contributed by atoms with van der Waals surface area (Å²) in [7, 11) is 0. The highest BCUT2D eigenvalue weighted by Crippen LogP contribution is 2.34. The fraction of sp³-hybridized carbons (Fsp3) is 0.833. The van der Waals surface area contributed by atoms with Gasteiger partial charge < -0.3 is 10.2 Å². The van der Waals surface area contributed by atoms with E-state index >= 15 is 0 Å². The van der Waals surface area contributed by atoms with E-state index < -0.39 is 0 Å². The van der Waals surface area contributed by atoms with Crippen molar-refractivity contribution >= 4 is 0 Å². The normalized spacial score (nSPS) is 27.4. The Labute approximate surface area is 86.6 Å². The van der Waals surface area contributed by atoms with E-state index in [0.29, 0.717) is 5.92 Å². The van der Waals surface area contributed by atoms with Crippen LogP contribution < -0.4 is 0 Å². The standard InChI is InChI=1S/C12H22O2/c1-3-4-5-6-10-9(2)7-12(14)11(10)8-13/h9,12-14H,3-8H2,1-2H3/t9-,12+/m1/s1. The SMILES string of the molecule is CCCCCC1=C(CO)[C@@H](O)C[C@H]1C. The van der Waals surface area contributed by atoms with Gasteiger partial charge in [0.1, 0.15) is 0 Å². The third-order valence-corrected chi connectivity index (χ3v) is 3.21. The second-order valence-corrected chi connectivity index (χ2v) is 4.32. The van der Waals surface area contributed by atoms with Crippen molar-refractivity contribution < 1.29 is 10.2 Å². The number of aliphatic hydroxyl groups is 2. The van der Waals surface area contributed by atoms with Crippen molar-refractivity contribution in [3.8, 4) is 0 Å². The molecule has 14 heavy (non-hydrogen) atoms. The maximum atomic E-state index is 9.67. The number of hydrogen-bond acceptors (Lipinski definition) is 2. The van der Waals surface area contributed by atoms with Crippen LogP contribution in [0.25, 0.3) is 0 Å². The van der Waals surface area contributed by atoms with Crippen LogP contribution in [0.5, 0.6) is 0 Å². The summed E-state index contributed by atoms with van der Waals surface area (Å²) in [6.07, 6.45) is 5.13. The molecule has 0 aliphatic heterocycles. The van der Waals surface area contributed by atoms with E-state index in [1.54, 1.807) is 0 Å². The zero-order valence-electron chi connectivity index (χ0n) is 9.29. The second-order valence-electron chi connectivity index (χ2n) is 4.32. The van der Waals surface area contributed by atoms with Crippen molar-refractivity contribution in [2.75, 3.05) is 6.61 Å². The average molecular weight is 198 g/mol. The molecule has 0 saturated carbocycles. The second kappa shape index (κ2) is 5.52. The number of allylic oxidation sites excluding steroid dienone is 1. The molecular formula is C12H22O2. The number of unbranched alkanes of at least 4 members (excludes halogenated alkanes) is 2. The van der Waals surface area contributed by atoms with Gasteiger partial charge in [-0.25, -0.2) is 0 Å². The topological polar surface area (TPSA) is 40.5 Å². The molecule has 0 saturated heterocycles. The Hall–Kier alpha value is -0.340. The first-order chi connectivity index (χ1) is 6.70. The van der Waals surface area contributed by atoms with Gasteiger partial charge in [-0.2, -0.15) is 0 Å². The van der Waals surface area contributed by atoms with Gasteiger partial charge in [-0.1, -0.05) is 32.3 Å². The van der Waals surface area contributed by atoms with E-state index in [0.717, 1.165) is 18.4 Å². The van der Waals surface area contributed by atoms with Gasteiger partial charge in [-0.15, -0.1) is 0 Å². The predicted octanol–water partition coefficient (Wildman–Crippen LogP) is 2.26. The summed E-state index contributed by atoms with van der Waals surface area (Å²) < 4.78 is 0. The number of hydrogen-bond donors (Lipinski definition) is 2. The summed E-state index contributed by atoms with van der Waals surface area (Å²) in [5.74, 6) is 0.462. The Bertz CT molecular complexity index is 208. The Balaban J connectivity index is 2.56. The minimum Gasteiger partial charge on any atom is -0.392 e. The molecule has 0 spiro atoms. The lowest BCUT2D eigenvalue weighted by molar-refractivity contribution is 0.183. The summed E-state index contributed by atoms with van der Waals surface area (Å²) in [5.41, 5.74) is 2.21. The Morgan fingerprint density at radius 1 is 1.29 bits per heavy atom. The Morgan fingerprint density at radius 2 is 2.00 bits per heavy atom. The summed E-state index contributed by atoms with van der Waals surface area (Å²) >= 11 is 0. The molecular weight excluding hydrogens is 176 g/mol. The van der Waals surface area contributed by atoms with Crippen molar-refractivity contribution in [3.05, 3.63) is 11.1 Å². The number of aliphatic hydroxyl groups excluding tert-OH is 2. The van der Waals surface area contributed by atoms with Crippen LogP contribution in [0.3, 0.4) is 0 Å². The fourth-order valence-corrected chi connectivity index (χ4v) is 2.33. The molecule has 2 atom stereocenters. The number of rotatable bonds is 5. The van der Waals surface area contributed by atoms with E-state index in [4.69, 9.17) is 5.11 Å². The molecule has 1 aliphatic carbocycles. The smallest absolute Gasteiger partial charge is 0.0780 e. The van der Waals surface area contributed by atoms with Crippen LogP contribution in [-0.4, -0.2) is 22.9 Å². The minimum absolute atomic E-state index is 0.0347. The van der Waals surface area contributed by atoms with Crippen LogP contribution in [0.1, 0.15) is 46.0 Å². The van der Waals surface area contributed by atoms with Crippen LogP contribution in [0.15, 0.2) is 11.1 Å². The van der Waals surface area contributed by atoms with Gasteiger partial charge in [0, 0.05) is 0 Å². The van der Waals surface area contributed by atoms with Crippen molar-refractivity contribution in [2.24, 2.45) is 5.92 Å². The quantitative estimate of drug-likeness (QED) is 0.525. The van der Waals surface area contributed by atoms with Gasteiger partial charge in [0.2, 0.25) is 0 Å². The van der Waals surface area contributed by atoms with Gasteiger partial charge in [-0.3, -0.25) is 0 Å². The van der Waals surface area contributed by atoms with E-state index in [1.807, 2.05) is 0 Å². The average Bonchev–Trinajstić information content (AvgIpc) is 2.42. The van der Waals surface area contributed by atoms with Crippen molar-refractivity contribution in [2.45, 2.75) is 52.1 Å². The molecule has 0 bridgehead atoms. The summed E-state index contributed by atoms with van der Waals surface area (Å²) in [4.78, 5) is 0. The third-order valence-electron chi connectivity index (χ3n) is 3.21.